The molecule has 0 spiro atoms. The van der Waals surface area contributed by atoms with Crippen molar-refractivity contribution in [2.24, 2.45) is 12.8 Å². The van der Waals surface area contributed by atoms with Crippen LogP contribution in [0.2, 0.25) is 0 Å². The highest BCUT2D eigenvalue weighted by Crippen LogP contribution is 2.23. The monoisotopic (exact) mass is 241 g/mol. The zero-order valence-electron chi connectivity index (χ0n) is 8.85. The lowest BCUT2D eigenvalue weighted by atomic mass is 10.0. The molecule has 0 aliphatic heterocycles. The van der Waals surface area contributed by atoms with Gasteiger partial charge in [0, 0.05) is 25.4 Å². The number of aromatic nitrogens is 2. The maximum absolute atomic E-state index is 13.0. The van der Waals surface area contributed by atoms with Gasteiger partial charge in [-0.05, 0) is 23.3 Å². The van der Waals surface area contributed by atoms with Gasteiger partial charge in [0.05, 0.1) is 6.20 Å². The first kappa shape index (κ1) is 12.7. The Morgan fingerprint density at radius 3 is 2.75 bits per heavy atom. The number of aryl methyl sites for hydroxylation is 1. The normalized spacial score (nSPS) is 9.94. The van der Waals surface area contributed by atoms with Crippen LogP contribution in [0.1, 0.15) is 5.56 Å². The van der Waals surface area contributed by atoms with E-state index >= 15 is 0 Å². The number of hydrogen-bond donors (Lipinski definition) is 1. The fraction of sp³-hybridized carbons (Fsp3) is 0.182. The molecule has 3 nitrogen and oxygen atoms in total. The van der Waals surface area contributed by atoms with E-state index in [0.29, 0.717) is 6.54 Å². The van der Waals surface area contributed by atoms with Gasteiger partial charge in [-0.15, -0.1) is 12.4 Å². The third kappa shape index (κ3) is 2.40. The van der Waals surface area contributed by atoms with Crippen LogP contribution in [-0.2, 0) is 13.6 Å². The first-order valence-corrected chi connectivity index (χ1v) is 4.68. The highest BCUT2D eigenvalue weighted by atomic mass is 35.5. The molecule has 0 aliphatic carbocycles. The second-order valence-corrected chi connectivity index (χ2v) is 3.41. The number of nitrogens with two attached hydrogens (primary N) is 1. The Bertz CT molecular complexity index is 482. The van der Waals surface area contributed by atoms with Crippen molar-refractivity contribution in [3.8, 4) is 11.1 Å². The maximum Gasteiger partial charge on any atom is 0.123 e. The zero-order valence-corrected chi connectivity index (χ0v) is 9.67. The Labute approximate surface area is 99.5 Å². The molecule has 0 saturated heterocycles. The summed E-state index contributed by atoms with van der Waals surface area (Å²) in [5, 5.41) is 4.07. The van der Waals surface area contributed by atoms with E-state index in [1.807, 2.05) is 13.2 Å². The summed E-state index contributed by atoms with van der Waals surface area (Å²) < 4.78 is 14.7. The van der Waals surface area contributed by atoms with E-state index in [0.717, 1.165) is 16.7 Å². The van der Waals surface area contributed by atoms with Crippen LogP contribution in [0.5, 0.6) is 0 Å². The van der Waals surface area contributed by atoms with Crippen molar-refractivity contribution < 1.29 is 4.39 Å². The first-order chi connectivity index (χ1) is 7.20. The standard InChI is InChI=1S/C11H12FN3.ClH/c1-15-7-9(6-14-15)11-3-2-10(12)4-8(11)5-13;/h2-4,6-7H,5,13H2,1H3;1H. The molecule has 2 aromatic rings. The van der Waals surface area contributed by atoms with Crippen molar-refractivity contribution in [2.75, 3.05) is 0 Å². The van der Waals surface area contributed by atoms with E-state index in [-0.39, 0.29) is 18.2 Å². The van der Waals surface area contributed by atoms with Crippen molar-refractivity contribution in [1.29, 1.82) is 0 Å². The van der Waals surface area contributed by atoms with E-state index in [1.54, 1.807) is 16.9 Å². The number of hydrogen-bond acceptors (Lipinski definition) is 2. The van der Waals surface area contributed by atoms with Crippen molar-refractivity contribution in [3.05, 3.63) is 42.0 Å². The molecule has 0 radical (unpaired) electrons. The molecule has 0 saturated carbocycles. The fourth-order valence-electron chi connectivity index (χ4n) is 1.57. The lowest BCUT2D eigenvalue weighted by Gasteiger charge is -2.05. The third-order valence-corrected chi connectivity index (χ3v) is 2.30. The molecule has 0 bridgehead atoms. The molecule has 1 aromatic carbocycles. The molecule has 0 unspecified atom stereocenters. The average Bonchev–Trinajstić information content (AvgIpc) is 2.64. The van der Waals surface area contributed by atoms with Crippen LogP contribution in [0.4, 0.5) is 4.39 Å². The molecular formula is C11H13ClFN3. The highest BCUT2D eigenvalue weighted by Gasteiger charge is 2.06. The van der Waals surface area contributed by atoms with Crippen molar-refractivity contribution in [1.82, 2.24) is 9.78 Å². The lowest BCUT2D eigenvalue weighted by Crippen LogP contribution is -1.99. The van der Waals surface area contributed by atoms with Crippen molar-refractivity contribution in [3.63, 3.8) is 0 Å². The quantitative estimate of drug-likeness (QED) is 0.875. The third-order valence-electron chi connectivity index (χ3n) is 2.30. The molecule has 5 heteroatoms. The van der Waals surface area contributed by atoms with Crippen LogP contribution < -0.4 is 5.73 Å². The summed E-state index contributed by atoms with van der Waals surface area (Å²) in [5.41, 5.74) is 8.26. The second-order valence-electron chi connectivity index (χ2n) is 3.41. The fourth-order valence-corrected chi connectivity index (χ4v) is 1.57. The Hall–Kier alpha value is -1.39. The Morgan fingerprint density at radius 2 is 2.19 bits per heavy atom. The van der Waals surface area contributed by atoms with Crippen molar-refractivity contribution >= 4 is 12.4 Å². The SMILES string of the molecule is Cl.Cn1cc(-c2ccc(F)cc2CN)cn1. The summed E-state index contributed by atoms with van der Waals surface area (Å²) in [6.07, 6.45) is 3.62. The van der Waals surface area contributed by atoms with Gasteiger partial charge in [0.1, 0.15) is 5.82 Å². The van der Waals surface area contributed by atoms with Crippen LogP contribution >= 0.6 is 12.4 Å². The molecule has 16 heavy (non-hydrogen) atoms. The van der Waals surface area contributed by atoms with Gasteiger partial charge in [0.15, 0.2) is 0 Å². The molecular weight excluding hydrogens is 229 g/mol. The van der Waals surface area contributed by atoms with E-state index in [1.165, 1.54) is 12.1 Å². The van der Waals surface area contributed by atoms with Crippen molar-refractivity contribution in [2.45, 2.75) is 6.54 Å². The summed E-state index contributed by atoms with van der Waals surface area (Å²) in [6, 6.07) is 4.62. The highest BCUT2D eigenvalue weighted by molar-refractivity contribution is 5.85. The number of rotatable bonds is 2. The summed E-state index contributed by atoms with van der Waals surface area (Å²) in [7, 11) is 1.84. The summed E-state index contributed by atoms with van der Waals surface area (Å²) in [6.45, 7) is 0.321. The number of halogens is 2. The van der Waals surface area contributed by atoms with E-state index < -0.39 is 0 Å². The maximum atomic E-state index is 13.0. The van der Waals surface area contributed by atoms with Gasteiger partial charge in [0.25, 0.3) is 0 Å². The minimum atomic E-state index is -0.261. The van der Waals surface area contributed by atoms with E-state index in [9.17, 15) is 4.39 Å². The van der Waals surface area contributed by atoms with Crippen LogP contribution in [0.25, 0.3) is 11.1 Å². The summed E-state index contributed by atoms with van der Waals surface area (Å²) >= 11 is 0. The molecule has 0 atom stereocenters. The molecule has 2 N–H and O–H groups in total. The summed E-state index contributed by atoms with van der Waals surface area (Å²) in [4.78, 5) is 0. The molecule has 0 fully saturated rings. The minimum absolute atomic E-state index is 0. The largest absolute Gasteiger partial charge is 0.326 e. The topological polar surface area (TPSA) is 43.8 Å². The van der Waals surface area contributed by atoms with Gasteiger partial charge in [-0.25, -0.2) is 4.39 Å². The van der Waals surface area contributed by atoms with Crippen LogP contribution in [0, 0.1) is 5.82 Å². The van der Waals surface area contributed by atoms with Gasteiger partial charge >= 0.3 is 0 Å². The number of benzene rings is 1. The minimum Gasteiger partial charge on any atom is -0.326 e. The molecule has 0 aliphatic rings. The number of nitrogens with zero attached hydrogens (tertiary/aromatic N) is 2. The van der Waals surface area contributed by atoms with Gasteiger partial charge < -0.3 is 5.73 Å². The van der Waals surface area contributed by atoms with Crippen LogP contribution in [-0.4, -0.2) is 9.78 Å². The molecule has 1 heterocycles. The molecule has 0 amide bonds. The predicted molar refractivity (Wildman–Crippen MR) is 63.7 cm³/mol. The van der Waals surface area contributed by atoms with Gasteiger partial charge in [0.2, 0.25) is 0 Å². The molecule has 86 valence electrons. The van der Waals surface area contributed by atoms with Crippen LogP contribution in [0.15, 0.2) is 30.6 Å². The Kier molecular flexibility index (Phi) is 4.04. The Balaban J connectivity index is 0.00000128. The Morgan fingerprint density at radius 1 is 1.44 bits per heavy atom. The van der Waals surface area contributed by atoms with E-state index in [4.69, 9.17) is 5.73 Å². The summed E-state index contributed by atoms with van der Waals surface area (Å²) in [5.74, 6) is -0.261. The first-order valence-electron chi connectivity index (χ1n) is 4.68. The second kappa shape index (κ2) is 5.09. The smallest absolute Gasteiger partial charge is 0.123 e. The van der Waals surface area contributed by atoms with Gasteiger partial charge in [-0.1, -0.05) is 6.07 Å². The molecule has 2 rings (SSSR count). The lowest BCUT2D eigenvalue weighted by molar-refractivity contribution is 0.625. The predicted octanol–water partition coefficient (Wildman–Crippen LogP) is 2.11. The van der Waals surface area contributed by atoms with Gasteiger partial charge in [-0.3, -0.25) is 4.68 Å². The van der Waals surface area contributed by atoms with Crippen LogP contribution in [0.3, 0.4) is 0 Å². The zero-order chi connectivity index (χ0) is 10.8. The van der Waals surface area contributed by atoms with Gasteiger partial charge in [-0.2, -0.15) is 5.10 Å². The van der Waals surface area contributed by atoms with E-state index in [2.05, 4.69) is 5.10 Å². The average molecular weight is 242 g/mol. The molecule has 1 aromatic heterocycles.